The second kappa shape index (κ2) is 9.29. The maximum atomic E-state index is 12.7. The molecule has 1 aliphatic heterocycles. The van der Waals surface area contributed by atoms with E-state index in [0.29, 0.717) is 5.75 Å². The third-order valence-corrected chi connectivity index (χ3v) is 6.34. The van der Waals surface area contributed by atoms with E-state index >= 15 is 0 Å². The minimum Gasteiger partial charge on any atom is -0.339 e. The first-order valence-electron chi connectivity index (χ1n) is 9.95. The smallest absolute Gasteiger partial charge is 0.233 e. The lowest BCUT2D eigenvalue weighted by atomic mass is 10.2. The minimum absolute atomic E-state index is 0.193. The number of amides is 1. The molecular formula is C23H26N4OS. The molecule has 1 saturated heterocycles. The van der Waals surface area contributed by atoms with Gasteiger partial charge < -0.3 is 9.47 Å². The molecule has 0 unspecified atom stereocenters. The largest absolute Gasteiger partial charge is 0.339 e. The maximum absolute atomic E-state index is 12.7. The number of rotatable bonds is 6. The van der Waals surface area contributed by atoms with Crippen molar-refractivity contribution >= 4 is 17.7 Å². The summed E-state index contributed by atoms with van der Waals surface area (Å²) in [7, 11) is 2.00. The first kappa shape index (κ1) is 19.7. The summed E-state index contributed by atoms with van der Waals surface area (Å²) in [5, 5.41) is 0.875. The molecule has 3 aromatic rings. The van der Waals surface area contributed by atoms with Crippen molar-refractivity contribution in [1.29, 1.82) is 0 Å². The number of benzene rings is 2. The van der Waals surface area contributed by atoms with Crippen molar-refractivity contribution in [3.05, 3.63) is 72.4 Å². The molecule has 6 heteroatoms. The van der Waals surface area contributed by atoms with E-state index in [9.17, 15) is 4.79 Å². The summed E-state index contributed by atoms with van der Waals surface area (Å²) in [6.07, 6.45) is 1.88. The summed E-state index contributed by atoms with van der Waals surface area (Å²) in [6.45, 7) is 4.38. The normalized spacial score (nSPS) is 14.9. The van der Waals surface area contributed by atoms with Crippen LogP contribution in [-0.2, 0) is 18.4 Å². The van der Waals surface area contributed by atoms with Crippen LogP contribution in [0.2, 0.25) is 0 Å². The molecule has 4 rings (SSSR count). The molecule has 1 aromatic heterocycles. The molecule has 150 valence electrons. The zero-order valence-corrected chi connectivity index (χ0v) is 17.5. The van der Waals surface area contributed by atoms with Crippen LogP contribution in [0.4, 0.5) is 0 Å². The first-order valence-corrected chi connectivity index (χ1v) is 10.9. The highest BCUT2D eigenvalue weighted by Crippen LogP contribution is 2.25. The second-order valence-corrected chi connectivity index (χ2v) is 8.22. The molecule has 1 fully saturated rings. The average molecular weight is 407 g/mol. The van der Waals surface area contributed by atoms with Crippen LogP contribution in [0.3, 0.4) is 0 Å². The van der Waals surface area contributed by atoms with Gasteiger partial charge in [-0.3, -0.25) is 9.69 Å². The molecule has 0 spiro atoms. The lowest BCUT2D eigenvalue weighted by Crippen LogP contribution is -2.48. The van der Waals surface area contributed by atoms with E-state index in [0.717, 1.165) is 49.1 Å². The number of nitrogens with zero attached hydrogens (tertiary/aromatic N) is 4. The number of thioether (sulfide) groups is 1. The standard InChI is InChI=1S/C23H26N4OS/c1-25-21(20-10-6-3-7-11-20)16-24-23(25)29-18-22(28)27-14-12-26(13-15-27)17-19-8-4-2-5-9-19/h2-11,16H,12-15,17-18H2,1H3. The Morgan fingerprint density at radius 3 is 2.31 bits per heavy atom. The highest BCUT2D eigenvalue weighted by atomic mass is 32.2. The topological polar surface area (TPSA) is 41.4 Å². The van der Waals surface area contributed by atoms with Crippen molar-refractivity contribution in [2.75, 3.05) is 31.9 Å². The molecule has 0 saturated carbocycles. The van der Waals surface area contributed by atoms with Gasteiger partial charge >= 0.3 is 0 Å². The van der Waals surface area contributed by atoms with Gasteiger partial charge in [0.25, 0.3) is 0 Å². The Bertz CT molecular complexity index is 934. The van der Waals surface area contributed by atoms with Crippen LogP contribution in [0.15, 0.2) is 72.0 Å². The van der Waals surface area contributed by atoms with Crippen molar-refractivity contribution in [2.45, 2.75) is 11.7 Å². The predicted molar refractivity (Wildman–Crippen MR) is 118 cm³/mol. The fraction of sp³-hybridized carbons (Fsp3) is 0.304. The molecule has 1 amide bonds. The van der Waals surface area contributed by atoms with Crippen molar-refractivity contribution in [3.63, 3.8) is 0 Å². The lowest BCUT2D eigenvalue weighted by Gasteiger charge is -2.34. The Hall–Kier alpha value is -2.57. The van der Waals surface area contributed by atoms with Crippen molar-refractivity contribution in [3.8, 4) is 11.3 Å². The molecule has 0 radical (unpaired) electrons. The number of hydrogen-bond donors (Lipinski definition) is 0. The van der Waals surface area contributed by atoms with Crippen LogP contribution < -0.4 is 0 Å². The Morgan fingerprint density at radius 2 is 1.62 bits per heavy atom. The van der Waals surface area contributed by atoms with E-state index in [4.69, 9.17) is 0 Å². The molecule has 29 heavy (non-hydrogen) atoms. The number of carbonyl (C=O) groups excluding carboxylic acids is 1. The zero-order chi connectivity index (χ0) is 20.1. The minimum atomic E-state index is 0.193. The van der Waals surface area contributed by atoms with Gasteiger partial charge in [0, 0.05) is 39.8 Å². The molecule has 0 aliphatic carbocycles. The van der Waals surface area contributed by atoms with E-state index < -0.39 is 0 Å². The first-order chi connectivity index (χ1) is 14.2. The van der Waals surface area contributed by atoms with Crippen LogP contribution in [0.25, 0.3) is 11.3 Å². The Kier molecular flexibility index (Phi) is 6.32. The Balaban J connectivity index is 1.27. The summed E-state index contributed by atoms with van der Waals surface area (Å²) >= 11 is 1.51. The lowest BCUT2D eigenvalue weighted by molar-refractivity contribution is -0.130. The highest BCUT2D eigenvalue weighted by molar-refractivity contribution is 7.99. The Morgan fingerprint density at radius 1 is 0.966 bits per heavy atom. The maximum Gasteiger partial charge on any atom is 0.233 e. The third kappa shape index (κ3) is 4.89. The van der Waals surface area contributed by atoms with Gasteiger partial charge in [0.15, 0.2) is 5.16 Å². The van der Waals surface area contributed by atoms with Crippen molar-refractivity contribution < 1.29 is 4.79 Å². The summed E-state index contributed by atoms with van der Waals surface area (Å²) < 4.78 is 2.06. The summed E-state index contributed by atoms with van der Waals surface area (Å²) in [5.74, 6) is 0.622. The summed E-state index contributed by atoms with van der Waals surface area (Å²) in [6, 6.07) is 20.7. The van der Waals surface area contributed by atoms with E-state index in [2.05, 4.69) is 50.8 Å². The van der Waals surface area contributed by atoms with Gasteiger partial charge in [-0.2, -0.15) is 0 Å². The number of imidazole rings is 1. The molecule has 0 atom stereocenters. The van der Waals surface area contributed by atoms with Gasteiger partial charge in [-0.1, -0.05) is 72.4 Å². The van der Waals surface area contributed by atoms with Gasteiger partial charge in [-0.05, 0) is 11.1 Å². The highest BCUT2D eigenvalue weighted by Gasteiger charge is 2.21. The number of carbonyl (C=O) groups is 1. The van der Waals surface area contributed by atoms with Crippen LogP contribution in [0, 0.1) is 0 Å². The quantitative estimate of drug-likeness (QED) is 0.588. The van der Waals surface area contributed by atoms with E-state index in [-0.39, 0.29) is 5.91 Å². The van der Waals surface area contributed by atoms with Gasteiger partial charge in [-0.15, -0.1) is 0 Å². The predicted octanol–water partition coefficient (Wildman–Crippen LogP) is 3.52. The monoisotopic (exact) mass is 406 g/mol. The zero-order valence-electron chi connectivity index (χ0n) is 16.7. The SMILES string of the molecule is Cn1c(-c2ccccc2)cnc1SCC(=O)N1CCN(Cc2ccccc2)CC1. The van der Waals surface area contributed by atoms with Crippen LogP contribution in [-0.4, -0.2) is 57.2 Å². The molecular weight excluding hydrogens is 380 g/mol. The van der Waals surface area contributed by atoms with E-state index in [1.807, 2.05) is 42.4 Å². The van der Waals surface area contributed by atoms with Crippen LogP contribution in [0.1, 0.15) is 5.56 Å². The molecule has 2 heterocycles. The third-order valence-electron chi connectivity index (χ3n) is 5.31. The summed E-state index contributed by atoms with van der Waals surface area (Å²) in [4.78, 5) is 21.6. The molecule has 2 aromatic carbocycles. The molecule has 5 nitrogen and oxygen atoms in total. The van der Waals surface area contributed by atoms with Crippen LogP contribution in [0.5, 0.6) is 0 Å². The van der Waals surface area contributed by atoms with Gasteiger partial charge in [0.05, 0.1) is 17.6 Å². The molecule has 0 N–H and O–H groups in total. The average Bonchev–Trinajstić information content (AvgIpc) is 3.14. The van der Waals surface area contributed by atoms with E-state index in [1.54, 1.807) is 0 Å². The van der Waals surface area contributed by atoms with Gasteiger partial charge in [0.2, 0.25) is 5.91 Å². The summed E-state index contributed by atoms with van der Waals surface area (Å²) in [5.41, 5.74) is 3.53. The fourth-order valence-corrected chi connectivity index (χ4v) is 4.47. The fourth-order valence-electron chi connectivity index (χ4n) is 3.62. The van der Waals surface area contributed by atoms with Gasteiger partial charge in [0.1, 0.15) is 0 Å². The van der Waals surface area contributed by atoms with Crippen molar-refractivity contribution in [2.24, 2.45) is 7.05 Å². The number of hydrogen-bond acceptors (Lipinski definition) is 4. The molecule has 0 bridgehead atoms. The molecule has 1 aliphatic rings. The van der Waals surface area contributed by atoms with Gasteiger partial charge in [-0.25, -0.2) is 4.98 Å². The number of aromatic nitrogens is 2. The van der Waals surface area contributed by atoms with Crippen molar-refractivity contribution in [1.82, 2.24) is 19.4 Å². The van der Waals surface area contributed by atoms with E-state index in [1.165, 1.54) is 17.3 Å². The Labute approximate surface area is 176 Å². The second-order valence-electron chi connectivity index (χ2n) is 7.28. The van der Waals surface area contributed by atoms with Crippen LogP contribution >= 0.6 is 11.8 Å². The number of piperazine rings is 1.